The molecule has 0 aliphatic carbocycles. The average molecular weight is 455 g/mol. The van der Waals surface area contributed by atoms with E-state index in [1.54, 1.807) is 24.3 Å². The summed E-state index contributed by atoms with van der Waals surface area (Å²) < 4.78 is 31.9. The first kappa shape index (κ1) is 22.2. The Morgan fingerprint density at radius 3 is 2.44 bits per heavy atom. The zero-order valence-electron chi connectivity index (χ0n) is 18.0. The molecule has 0 amide bonds. The van der Waals surface area contributed by atoms with E-state index >= 15 is 0 Å². The van der Waals surface area contributed by atoms with Crippen molar-refractivity contribution in [2.75, 3.05) is 19.7 Å². The summed E-state index contributed by atoms with van der Waals surface area (Å²) in [6.07, 6.45) is 2.30. The van der Waals surface area contributed by atoms with Crippen LogP contribution in [0, 0.1) is 6.92 Å². The van der Waals surface area contributed by atoms with Gasteiger partial charge in [-0.25, -0.2) is 8.42 Å². The van der Waals surface area contributed by atoms with E-state index in [-0.39, 0.29) is 23.7 Å². The largest absolute Gasteiger partial charge is 0.457 e. The lowest BCUT2D eigenvalue weighted by atomic mass is 10.1. The summed E-state index contributed by atoms with van der Waals surface area (Å²) in [7, 11) is -3.44. The Morgan fingerprint density at radius 1 is 1.03 bits per heavy atom. The van der Waals surface area contributed by atoms with Gasteiger partial charge in [-0.2, -0.15) is 4.31 Å². The van der Waals surface area contributed by atoms with Crippen LogP contribution < -0.4 is 0 Å². The normalized spacial score (nSPS) is 14.7. The number of sulfonamides is 1. The van der Waals surface area contributed by atoms with Crippen molar-refractivity contribution < 1.29 is 22.7 Å². The lowest BCUT2D eigenvalue weighted by Gasteiger charge is -2.15. The highest BCUT2D eigenvalue weighted by Crippen LogP contribution is 2.23. The van der Waals surface area contributed by atoms with E-state index in [1.165, 1.54) is 4.31 Å². The Bertz CT molecular complexity index is 1240. The maximum Gasteiger partial charge on any atom is 0.306 e. The van der Waals surface area contributed by atoms with Gasteiger partial charge in [0.25, 0.3) is 0 Å². The third-order valence-corrected chi connectivity index (χ3v) is 7.69. The third-order valence-electron chi connectivity index (χ3n) is 5.78. The quantitative estimate of drug-likeness (QED) is 0.414. The number of ether oxygens (including phenoxy) is 1. The second kappa shape index (κ2) is 9.26. The van der Waals surface area contributed by atoms with E-state index < -0.39 is 16.0 Å². The highest BCUT2D eigenvalue weighted by molar-refractivity contribution is 7.89. The van der Waals surface area contributed by atoms with Gasteiger partial charge in [-0.3, -0.25) is 9.59 Å². The number of carbonyl (C=O) groups excluding carboxylic acids is 2. The minimum Gasteiger partial charge on any atom is -0.457 e. The second-order valence-electron chi connectivity index (χ2n) is 8.01. The van der Waals surface area contributed by atoms with E-state index in [9.17, 15) is 18.0 Å². The number of hydrogen-bond acceptors (Lipinski definition) is 5. The average Bonchev–Trinajstić information content (AvgIpc) is 3.44. The molecule has 0 bridgehead atoms. The fraction of sp³-hybridized carbons (Fsp3) is 0.333. The number of aryl methyl sites for hydroxylation is 2. The minimum atomic E-state index is -3.44. The first-order valence-electron chi connectivity index (χ1n) is 10.7. The van der Waals surface area contributed by atoms with Gasteiger partial charge in [0.1, 0.15) is 0 Å². The zero-order valence-corrected chi connectivity index (χ0v) is 18.8. The zero-order chi connectivity index (χ0) is 22.7. The van der Waals surface area contributed by atoms with E-state index in [0.29, 0.717) is 25.1 Å². The van der Waals surface area contributed by atoms with Crippen LogP contribution in [-0.4, -0.2) is 49.2 Å². The monoisotopic (exact) mass is 454 g/mol. The molecule has 1 N–H and O–H groups in total. The Kier molecular flexibility index (Phi) is 6.43. The Morgan fingerprint density at radius 2 is 1.72 bits per heavy atom. The SMILES string of the molecule is Cc1[nH]c2ccccc2c1C(=O)COC(=O)CCc1ccc(S(=O)(=O)N2CCCC2)cc1. The maximum atomic E-state index is 12.6. The molecule has 0 radical (unpaired) electrons. The number of carbonyl (C=O) groups is 2. The van der Waals surface area contributed by atoms with Crippen molar-refractivity contribution in [2.24, 2.45) is 0 Å². The van der Waals surface area contributed by atoms with E-state index in [2.05, 4.69) is 4.98 Å². The van der Waals surface area contributed by atoms with Gasteiger partial charge >= 0.3 is 5.97 Å². The molecule has 4 rings (SSSR count). The number of hydrogen-bond donors (Lipinski definition) is 1. The van der Waals surface area contributed by atoms with Crippen LogP contribution in [0.3, 0.4) is 0 Å². The van der Waals surface area contributed by atoms with Crippen LogP contribution in [0.5, 0.6) is 0 Å². The number of esters is 1. The number of rotatable bonds is 8. The fourth-order valence-corrected chi connectivity index (χ4v) is 5.60. The predicted octanol–water partition coefficient (Wildman–Crippen LogP) is 3.62. The summed E-state index contributed by atoms with van der Waals surface area (Å²) in [5.74, 6) is -0.714. The van der Waals surface area contributed by atoms with Crippen LogP contribution >= 0.6 is 0 Å². The number of ketones is 1. The number of H-pyrrole nitrogens is 1. The highest BCUT2D eigenvalue weighted by Gasteiger charge is 2.27. The number of nitrogens with one attached hydrogen (secondary N) is 1. The Balaban J connectivity index is 1.30. The molecule has 2 aromatic carbocycles. The van der Waals surface area contributed by atoms with Crippen molar-refractivity contribution >= 4 is 32.7 Å². The van der Waals surface area contributed by atoms with Gasteiger partial charge in [0, 0.05) is 41.7 Å². The number of aromatic amines is 1. The first-order valence-corrected chi connectivity index (χ1v) is 12.2. The number of fused-ring (bicyclic) bond motifs is 1. The van der Waals surface area contributed by atoms with Crippen molar-refractivity contribution in [3.63, 3.8) is 0 Å². The summed E-state index contributed by atoms with van der Waals surface area (Å²) in [5, 5.41) is 0.815. The summed E-state index contributed by atoms with van der Waals surface area (Å²) >= 11 is 0. The molecule has 1 saturated heterocycles. The smallest absolute Gasteiger partial charge is 0.306 e. The van der Waals surface area contributed by atoms with Gasteiger partial charge in [-0.05, 0) is 49.9 Å². The minimum absolute atomic E-state index is 0.109. The molecular weight excluding hydrogens is 428 g/mol. The van der Waals surface area contributed by atoms with Crippen molar-refractivity contribution in [2.45, 2.75) is 37.5 Å². The molecule has 1 aliphatic heterocycles. The van der Waals surface area contributed by atoms with Crippen LogP contribution in [0.25, 0.3) is 10.9 Å². The van der Waals surface area contributed by atoms with Crippen LogP contribution in [0.1, 0.15) is 40.9 Å². The maximum absolute atomic E-state index is 12.6. The second-order valence-corrected chi connectivity index (χ2v) is 9.95. The van der Waals surface area contributed by atoms with Gasteiger partial charge in [0.2, 0.25) is 15.8 Å². The van der Waals surface area contributed by atoms with Crippen molar-refractivity contribution in [1.82, 2.24) is 9.29 Å². The molecule has 3 aromatic rings. The summed E-state index contributed by atoms with van der Waals surface area (Å²) in [6, 6.07) is 14.1. The molecule has 2 heterocycles. The lowest BCUT2D eigenvalue weighted by molar-refractivity contribution is -0.142. The molecule has 0 unspecified atom stereocenters. The fourth-order valence-electron chi connectivity index (χ4n) is 4.08. The van der Waals surface area contributed by atoms with E-state index in [4.69, 9.17) is 4.74 Å². The molecule has 32 heavy (non-hydrogen) atoms. The van der Waals surface area contributed by atoms with Crippen LogP contribution in [0.2, 0.25) is 0 Å². The predicted molar refractivity (Wildman–Crippen MR) is 121 cm³/mol. The van der Waals surface area contributed by atoms with E-state index in [0.717, 1.165) is 35.0 Å². The van der Waals surface area contributed by atoms with Gasteiger partial charge in [0.05, 0.1) is 4.90 Å². The number of Topliss-reactive ketones (excluding diaryl/α,β-unsaturated/α-hetero) is 1. The summed E-state index contributed by atoms with van der Waals surface area (Å²) in [6.45, 7) is 2.64. The van der Waals surface area contributed by atoms with Crippen LogP contribution in [-0.2, 0) is 26.0 Å². The highest BCUT2D eigenvalue weighted by atomic mass is 32.2. The summed E-state index contributed by atoms with van der Waals surface area (Å²) in [4.78, 5) is 28.2. The molecular formula is C24H26N2O5S. The Hall–Kier alpha value is -2.97. The molecule has 1 aliphatic rings. The topological polar surface area (TPSA) is 96.5 Å². The van der Waals surface area contributed by atoms with Gasteiger partial charge in [-0.1, -0.05) is 30.3 Å². The van der Waals surface area contributed by atoms with Crippen molar-refractivity contribution in [3.05, 3.63) is 65.4 Å². The summed E-state index contributed by atoms with van der Waals surface area (Å²) in [5.41, 5.74) is 3.00. The standard InChI is InChI=1S/C24H26N2O5S/c1-17-24(20-6-2-3-7-21(20)25-17)22(27)16-31-23(28)13-10-18-8-11-19(12-9-18)32(29,30)26-14-4-5-15-26/h2-3,6-9,11-12,25H,4-5,10,13-16H2,1H3. The molecule has 7 nitrogen and oxygen atoms in total. The van der Waals surface area contributed by atoms with Crippen molar-refractivity contribution in [3.8, 4) is 0 Å². The number of aromatic nitrogens is 1. The van der Waals surface area contributed by atoms with Crippen molar-refractivity contribution in [1.29, 1.82) is 0 Å². The van der Waals surface area contributed by atoms with Crippen LogP contribution in [0.4, 0.5) is 0 Å². The lowest BCUT2D eigenvalue weighted by Crippen LogP contribution is -2.27. The molecule has 0 spiro atoms. The van der Waals surface area contributed by atoms with E-state index in [1.807, 2.05) is 31.2 Å². The van der Waals surface area contributed by atoms with Crippen LogP contribution in [0.15, 0.2) is 53.4 Å². The number of para-hydroxylation sites is 1. The van der Waals surface area contributed by atoms with Gasteiger partial charge in [0.15, 0.2) is 6.61 Å². The molecule has 1 aromatic heterocycles. The number of nitrogens with zero attached hydrogens (tertiary/aromatic N) is 1. The molecule has 8 heteroatoms. The third kappa shape index (κ3) is 4.61. The molecule has 0 saturated carbocycles. The Labute approximate surface area is 187 Å². The first-order chi connectivity index (χ1) is 15.4. The van der Waals surface area contributed by atoms with Gasteiger partial charge < -0.3 is 9.72 Å². The molecule has 1 fully saturated rings. The molecule has 0 atom stereocenters. The number of benzene rings is 2. The molecule has 168 valence electrons. The van der Waals surface area contributed by atoms with Gasteiger partial charge in [-0.15, -0.1) is 0 Å².